The molecule has 0 radical (unpaired) electrons. The van der Waals surface area contributed by atoms with Crippen LogP contribution >= 0.6 is 0 Å². The van der Waals surface area contributed by atoms with Crippen LogP contribution in [-0.2, 0) is 4.79 Å². The van der Waals surface area contributed by atoms with Crippen molar-refractivity contribution in [1.29, 1.82) is 0 Å². The molecule has 0 amide bonds. The number of anilines is 1. The maximum absolute atomic E-state index is 11.2. The summed E-state index contributed by atoms with van der Waals surface area (Å²) in [5.41, 5.74) is 1.63. The summed E-state index contributed by atoms with van der Waals surface area (Å²) in [6, 6.07) is 6.21. The van der Waals surface area contributed by atoms with E-state index in [9.17, 15) is 15.0 Å². The number of aliphatic hydroxyl groups excluding tert-OH is 1. The van der Waals surface area contributed by atoms with Gasteiger partial charge < -0.3 is 19.9 Å². The van der Waals surface area contributed by atoms with Crippen LogP contribution in [0.25, 0.3) is 22.1 Å². The van der Waals surface area contributed by atoms with Gasteiger partial charge in [-0.15, -0.1) is 0 Å². The molecule has 0 aliphatic heterocycles. The van der Waals surface area contributed by atoms with Gasteiger partial charge in [-0.05, 0) is 26.0 Å². The summed E-state index contributed by atoms with van der Waals surface area (Å²) in [5, 5.41) is 22.4. The molecule has 3 N–H and O–H groups in total. The summed E-state index contributed by atoms with van der Waals surface area (Å²) in [7, 11) is 0. The first-order chi connectivity index (χ1) is 10.5. The quantitative estimate of drug-likeness (QED) is 0.675. The second-order valence-electron chi connectivity index (χ2n) is 5.10. The molecule has 2 atom stereocenters. The number of nitrogens with zero attached hydrogens (tertiary/aromatic N) is 2. The van der Waals surface area contributed by atoms with Crippen molar-refractivity contribution >= 4 is 33.9 Å². The zero-order valence-electron chi connectivity index (χ0n) is 12.1. The Labute approximate surface area is 125 Å². The van der Waals surface area contributed by atoms with E-state index in [4.69, 9.17) is 4.42 Å². The molecule has 0 aliphatic rings. The largest absolute Gasteiger partial charge is 0.480 e. The van der Waals surface area contributed by atoms with Gasteiger partial charge in [0.05, 0.1) is 6.10 Å². The van der Waals surface area contributed by atoms with E-state index in [2.05, 4.69) is 15.3 Å². The van der Waals surface area contributed by atoms with Crippen LogP contribution in [0.3, 0.4) is 0 Å². The number of aromatic nitrogens is 2. The van der Waals surface area contributed by atoms with Gasteiger partial charge in [-0.3, -0.25) is 0 Å². The Hall–Kier alpha value is -2.67. The number of carbonyl (C=O) groups is 1. The molecule has 7 nitrogen and oxygen atoms in total. The lowest BCUT2D eigenvalue weighted by Crippen LogP contribution is -2.39. The monoisotopic (exact) mass is 301 g/mol. The van der Waals surface area contributed by atoms with Crippen molar-refractivity contribution in [1.82, 2.24) is 9.97 Å². The molecule has 114 valence electrons. The van der Waals surface area contributed by atoms with Crippen molar-refractivity contribution in [2.45, 2.75) is 26.0 Å². The summed E-state index contributed by atoms with van der Waals surface area (Å²) < 4.78 is 5.74. The summed E-state index contributed by atoms with van der Waals surface area (Å²) in [5.74, 6) is -0.432. The Kier molecular flexibility index (Phi) is 3.42. The van der Waals surface area contributed by atoms with Crippen molar-refractivity contribution < 1.29 is 19.4 Å². The number of rotatable bonds is 4. The number of benzene rings is 1. The second-order valence-corrected chi connectivity index (χ2v) is 5.10. The average molecular weight is 301 g/mol. The molecule has 0 unspecified atom stereocenters. The number of hydrogen-bond acceptors (Lipinski definition) is 6. The molecule has 3 aromatic rings. The van der Waals surface area contributed by atoms with Crippen LogP contribution in [0.5, 0.6) is 0 Å². The highest BCUT2D eigenvalue weighted by molar-refractivity contribution is 6.05. The molecule has 2 heterocycles. The maximum atomic E-state index is 11.2. The maximum Gasteiger partial charge on any atom is 0.328 e. The number of para-hydroxylation sites is 1. The molecule has 0 saturated heterocycles. The van der Waals surface area contributed by atoms with E-state index in [0.29, 0.717) is 22.5 Å². The van der Waals surface area contributed by atoms with Crippen LogP contribution in [0.15, 0.2) is 28.7 Å². The normalized spacial score (nSPS) is 14.1. The zero-order chi connectivity index (χ0) is 15.9. The smallest absolute Gasteiger partial charge is 0.328 e. The lowest BCUT2D eigenvalue weighted by molar-refractivity contribution is -0.140. The van der Waals surface area contributed by atoms with Gasteiger partial charge in [-0.1, -0.05) is 12.1 Å². The van der Waals surface area contributed by atoms with Crippen molar-refractivity contribution in [3.05, 3.63) is 30.1 Å². The number of aryl methyl sites for hydroxylation is 1. The molecule has 2 aromatic heterocycles. The number of hydrogen-bond donors (Lipinski definition) is 3. The second kappa shape index (κ2) is 5.27. The first kappa shape index (κ1) is 14.3. The van der Waals surface area contributed by atoms with Crippen LogP contribution in [-0.4, -0.2) is 38.3 Å². The molecule has 7 heteroatoms. The van der Waals surface area contributed by atoms with Crippen molar-refractivity contribution in [2.24, 2.45) is 0 Å². The van der Waals surface area contributed by atoms with Crippen molar-refractivity contribution in [2.75, 3.05) is 5.32 Å². The van der Waals surface area contributed by atoms with Crippen LogP contribution in [0.1, 0.15) is 12.7 Å². The van der Waals surface area contributed by atoms with Gasteiger partial charge in [0.25, 0.3) is 0 Å². The first-order valence-corrected chi connectivity index (χ1v) is 6.80. The number of aliphatic carboxylic acids is 1. The van der Waals surface area contributed by atoms with E-state index in [1.165, 1.54) is 6.92 Å². The van der Waals surface area contributed by atoms with Gasteiger partial charge in [0, 0.05) is 5.39 Å². The Bertz CT molecular complexity index is 856. The van der Waals surface area contributed by atoms with E-state index in [0.717, 1.165) is 5.39 Å². The van der Waals surface area contributed by atoms with Crippen LogP contribution in [0, 0.1) is 6.92 Å². The van der Waals surface area contributed by atoms with Crippen molar-refractivity contribution in [3.63, 3.8) is 0 Å². The summed E-state index contributed by atoms with van der Waals surface area (Å²) >= 11 is 0. The molecule has 0 bridgehead atoms. The molecular weight excluding hydrogens is 286 g/mol. The topological polar surface area (TPSA) is 108 Å². The van der Waals surface area contributed by atoms with E-state index >= 15 is 0 Å². The van der Waals surface area contributed by atoms with Gasteiger partial charge in [0.2, 0.25) is 0 Å². The lowest BCUT2D eigenvalue weighted by Gasteiger charge is -2.17. The minimum atomic E-state index is -1.19. The van der Waals surface area contributed by atoms with E-state index < -0.39 is 18.1 Å². The number of fused-ring (bicyclic) bond motifs is 3. The summed E-state index contributed by atoms with van der Waals surface area (Å²) in [6.07, 6.45) is -1.09. The van der Waals surface area contributed by atoms with Crippen LogP contribution in [0.4, 0.5) is 5.82 Å². The Morgan fingerprint density at radius 3 is 2.73 bits per heavy atom. The molecule has 0 spiro atoms. The standard InChI is InChI=1S/C15H15N3O4/c1-7(19)11(15(20)21)18-14-13-12(16-8(2)17-14)9-5-3-4-6-10(9)22-13/h3-7,11,19H,1-2H3,(H,20,21)(H,16,17,18)/t7-,11+/m1/s1. The fourth-order valence-electron chi connectivity index (χ4n) is 2.34. The average Bonchev–Trinajstić information content (AvgIpc) is 2.82. The third kappa shape index (κ3) is 2.35. The van der Waals surface area contributed by atoms with Gasteiger partial charge >= 0.3 is 5.97 Å². The molecular formula is C15H15N3O4. The van der Waals surface area contributed by atoms with Gasteiger partial charge in [-0.2, -0.15) is 0 Å². The number of aliphatic hydroxyl groups is 1. The highest BCUT2D eigenvalue weighted by Gasteiger charge is 2.25. The minimum Gasteiger partial charge on any atom is -0.480 e. The Balaban J connectivity index is 2.18. The third-order valence-electron chi connectivity index (χ3n) is 3.37. The number of carboxylic acid groups (broad SMARTS) is 1. The van der Waals surface area contributed by atoms with E-state index in [1.54, 1.807) is 13.0 Å². The highest BCUT2D eigenvalue weighted by atomic mass is 16.4. The first-order valence-electron chi connectivity index (χ1n) is 6.80. The summed E-state index contributed by atoms with van der Waals surface area (Å²) in [6.45, 7) is 3.11. The molecule has 0 fully saturated rings. The lowest BCUT2D eigenvalue weighted by atomic mass is 10.2. The third-order valence-corrected chi connectivity index (χ3v) is 3.37. The fraction of sp³-hybridized carbons (Fsp3) is 0.267. The minimum absolute atomic E-state index is 0.256. The van der Waals surface area contributed by atoms with Gasteiger partial charge in [0.15, 0.2) is 17.4 Å². The molecule has 22 heavy (non-hydrogen) atoms. The predicted molar refractivity (Wildman–Crippen MR) is 80.8 cm³/mol. The number of nitrogens with one attached hydrogen (secondary N) is 1. The highest BCUT2D eigenvalue weighted by Crippen LogP contribution is 2.31. The Morgan fingerprint density at radius 2 is 2.05 bits per heavy atom. The summed E-state index contributed by atoms with van der Waals surface area (Å²) in [4.78, 5) is 19.8. The molecule has 0 aliphatic carbocycles. The molecule has 1 aromatic carbocycles. The van der Waals surface area contributed by atoms with Crippen molar-refractivity contribution in [3.8, 4) is 0 Å². The SMILES string of the molecule is Cc1nc(N[C@H](C(=O)O)[C@@H](C)O)c2oc3ccccc3c2n1. The van der Waals surface area contributed by atoms with E-state index in [1.807, 2.05) is 18.2 Å². The predicted octanol–water partition coefficient (Wildman–Crippen LogP) is 1.93. The molecule has 0 saturated carbocycles. The molecule has 3 rings (SSSR count). The fourth-order valence-corrected chi connectivity index (χ4v) is 2.34. The number of furan rings is 1. The Morgan fingerprint density at radius 1 is 1.32 bits per heavy atom. The van der Waals surface area contributed by atoms with Gasteiger partial charge in [-0.25, -0.2) is 14.8 Å². The van der Waals surface area contributed by atoms with Crippen LogP contribution in [0.2, 0.25) is 0 Å². The number of carboxylic acids is 1. The zero-order valence-corrected chi connectivity index (χ0v) is 12.1. The van der Waals surface area contributed by atoms with Crippen LogP contribution < -0.4 is 5.32 Å². The van der Waals surface area contributed by atoms with Gasteiger partial charge in [0.1, 0.15) is 16.9 Å². The van der Waals surface area contributed by atoms with E-state index in [-0.39, 0.29) is 5.82 Å².